The maximum atomic E-state index is 13.7. The van der Waals surface area contributed by atoms with Gasteiger partial charge in [0.05, 0.1) is 13.1 Å². The molecule has 17 nitrogen and oxygen atoms in total. The first kappa shape index (κ1) is 42.7. The average Bonchev–Trinajstić information content (AvgIpc) is 3.85. The second kappa shape index (κ2) is 21.7. The predicted molar refractivity (Wildman–Crippen MR) is 200 cm³/mol. The summed E-state index contributed by atoms with van der Waals surface area (Å²) in [5, 5.41) is 24.4. The molecule has 7 amide bonds. The number of rotatable bonds is 21. The fraction of sp³-hybridized carbons (Fsp3) is 0.500. The van der Waals surface area contributed by atoms with Crippen LogP contribution in [0, 0.1) is 0 Å². The number of amides is 7. The molecule has 0 bridgehead atoms. The van der Waals surface area contributed by atoms with Crippen LogP contribution in [-0.2, 0) is 46.4 Å². The number of hydrogen-bond acceptors (Lipinski definition) is 12. The summed E-state index contributed by atoms with van der Waals surface area (Å²) in [7, 11) is 0. The molecule has 0 spiro atoms. The Morgan fingerprint density at radius 2 is 1.55 bits per heavy atom. The molecule has 0 aliphatic carbocycles. The van der Waals surface area contributed by atoms with Crippen molar-refractivity contribution in [1.82, 2.24) is 31.5 Å². The van der Waals surface area contributed by atoms with Crippen LogP contribution in [-0.4, -0.2) is 113 Å². The number of nitrogens with one attached hydrogen (secondary N) is 5. The Labute approximate surface area is 316 Å². The van der Waals surface area contributed by atoms with Gasteiger partial charge in [0.2, 0.25) is 41.4 Å². The minimum atomic E-state index is -1.12. The maximum Gasteiger partial charge on any atom is 0.246 e. The summed E-state index contributed by atoms with van der Waals surface area (Å²) in [6.07, 6.45) is 2.22. The molecule has 1 aliphatic heterocycles. The maximum absolute atomic E-state index is 13.7. The van der Waals surface area contributed by atoms with E-state index in [0.717, 1.165) is 4.88 Å². The first-order chi connectivity index (χ1) is 25.4. The quantitative estimate of drug-likeness (QED) is 0.0482. The third-order valence-electron chi connectivity index (χ3n) is 8.52. The lowest BCUT2D eigenvalue weighted by Gasteiger charge is -2.29. The van der Waals surface area contributed by atoms with Gasteiger partial charge in [0.15, 0.2) is 0 Å². The van der Waals surface area contributed by atoms with E-state index < -0.39 is 78.1 Å². The Bertz CT molecular complexity index is 1560. The zero-order chi connectivity index (χ0) is 38.9. The van der Waals surface area contributed by atoms with Gasteiger partial charge in [0, 0.05) is 30.0 Å². The van der Waals surface area contributed by atoms with Crippen molar-refractivity contribution in [3.63, 3.8) is 0 Å². The summed E-state index contributed by atoms with van der Waals surface area (Å²) in [6.45, 7) is -0.272. The van der Waals surface area contributed by atoms with Gasteiger partial charge in [-0.2, -0.15) is 12.6 Å². The lowest BCUT2D eigenvalue weighted by Crippen LogP contribution is -2.58. The van der Waals surface area contributed by atoms with Crippen molar-refractivity contribution in [2.75, 3.05) is 31.9 Å². The lowest BCUT2D eigenvalue weighted by molar-refractivity contribution is -0.141. The standard InChI is InChI=1S/C34H49N9O8S2/c35-12-2-1-6-23(31(48)41-24(16-22-5-4-14-53-22)32(49)42-26(19-52)30(37)47)39-29(46)18-38-33(50)27-7-3-13-43(27)34(51)25(40-28(45)17-36)15-20-8-10-21(44)11-9-20/h4-5,8-11,14,23-27,44,52H,1-3,6-7,12-13,15-19,35-36H2,(H2,37,47)(H,38,50)(H,39,46)(H,40,45)(H,41,48)(H,42,49)/t23-,24-,25-,26-,27-/m0/s1. The highest BCUT2D eigenvalue weighted by molar-refractivity contribution is 7.80. The number of carbonyl (C=O) groups is 7. The Morgan fingerprint density at radius 1 is 0.868 bits per heavy atom. The molecule has 53 heavy (non-hydrogen) atoms. The van der Waals surface area contributed by atoms with Crippen LogP contribution in [0.25, 0.3) is 0 Å². The van der Waals surface area contributed by atoms with Crippen LogP contribution in [0.15, 0.2) is 41.8 Å². The SMILES string of the molecule is NCCCC[C@H](NC(=O)CNC(=O)[C@@H]1CCCN1C(=O)[C@H](Cc1ccc(O)cc1)NC(=O)CN)C(=O)N[C@@H](Cc1cccs1)C(=O)N[C@@H](CS)C(N)=O. The van der Waals surface area contributed by atoms with Gasteiger partial charge in [-0.1, -0.05) is 18.2 Å². The monoisotopic (exact) mass is 775 g/mol. The van der Waals surface area contributed by atoms with E-state index in [0.29, 0.717) is 37.8 Å². The number of phenols is 1. The number of primary amides is 1. The largest absolute Gasteiger partial charge is 0.508 e. The number of unbranched alkanes of at least 4 members (excludes halogenated alkanes) is 1. The second-order valence-electron chi connectivity index (χ2n) is 12.5. The first-order valence-electron chi connectivity index (χ1n) is 17.2. The highest BCUT2D eigenvalue weighted by Gasteiger charge is 2.38. The van der Waals surface area contributed by atoms with Gasteiger partial charge in [-0.25, -0.2) is 0 Å². The topological polar surface area (TPSA) is 281 Å². The molecule has 0 unspecified atom stereocenters. The number of nitrogens with two attached hydrogens (primary N) is 3. The first-order valence-corrected chi connectivity index (χ1v) is 18.8. The van der Waals surface area contributed by atoms with E-state index >= 15 is 0 Å². The van der Waals surface area contributed by atoms with Crippen LogP contribution in [0.3, 0.4) is 0 Å². The molecule has 5 atom stereocenters. The Morgan fingerprint density at radius 3 is 2.17 bits per heavy atom. The van der Waals surface area contributed by atoms with E-state index in [1.54, 1.807) is 24.3 Å². The molecule has 1 saturated heterocycles. The van der Waals surface area contributed by atoms with Gasteiger partial charge in [0.25, 0.3) is 0 Å². The van der Waals surface area contributed by atoms with E-state index in [2.05, 4.69) is 39.2 Å². The fourth-order valence-corrected chi connectivity index (χ4v) is 6.73. The molecule has 2 heterocycles. The molecule has 12 N–H and O–H groups in total. The van der Waals surface area contributed by atoms with Gasteiger partial charge in [0.1, 0.15) is 36.0 Å². The zero-order valence-corrected chi connectivity index (χ0v) is 31.0. The van der Waals surface area contributed by atoms with Crippen molar-refractivity contribution in [1.29, 1.82) is 0 Å². The molecule has 1 aromatic heterocycles. The molecular weight excluding hydrogens is 727 g/mol. The molecule has 1 fully saturated rings. The van der Waals surface area contributed by atoms with E-state index in [4.69, 9.17) is 17.2 Å². The van der Waals surface area contributed by atoms with Gasteiger partial charge >= 0.3 is 0 Å². The summed E-state index contributed by atoms with van der Waals surface area (Å²) < 4.78 is 0. The minimum absolute atomic E-state index is 0.0378. The molecule has 3 rings (SSSR count). The number of benzene rings is 1. The highest BCUT2D eigenvalue weighted by atomic mass is 32.1. The van der Waals surface area contributed by atoms with Gasteiger partial charge in [-0.3, -0.25) is 33.6 Å². The molecule has 19 heteroatoms. The summed E-state index contributed by atoms with van der Waals surface area (Å²) in [5.74, 6) is -4.47. The Hall–Kier alpha value is -4.72. The van der Waals surface area contributed by atoms with Crippen molar-refractivity contribution in [2.45, 2.75) is 75.2 Å². The van der Waals surface area contributed by atoms with Crippen molar-refractivity contribution in [3.8, 4) is 5.75 Å². The number of likely N-dealkylation sites (tertiary alicyclic amines) is 1. The van der Waals surface area contributed by atoms with Gasteiger partial charge < -0.3 is 53.8 Å². The van der Waals surface area contributed by atoms with Crippen LogP contribution in [0.4, 0.5) is 0 Å². The molecule has 2 aromatic rings. The molecule has 1 aromatic carbocycles. The number of nitrogens with zero attached hydrogens (tertiary/aromatic N) is 1. The van der Waals surface area contributed by atoms with E-state index in [1.165, 1.54) is 28.4 Å². The lowest BCUT2D eigenvalue weighted by atomic mass is 10.0. The molecule has 0 radical (unpaired) electrons. The van der Waals surface area contributed by atoms with Crippen LogP contribution >= 0.6 is 24.0 Å². The third kappa shape index (κ3) is 13.6. The van der Waals surface area contributed by atoms with Crippen molar-refractivity contribution < 1.29 is 38.7 Å². The molecular formula is C34H49N9O8S2. The summed E-state index contributed by atoms with van der Waals surface area (Å²) in [5.41, 5.74) is 17.1. The van der Waals surface area contributed by atoms with E-state index in [-0.39, 0.29) is 43.9 Å². The van der Waals surface area contributed by atoms with Crippen LogP contribution < -0.4 is 43.8 Å². The number of thiol groups is 1. The van der Waals surface area contributed by atoms with Crippen molar-refractivity contribution in [2.24, 2.45) is 17.2 Å². The normalized spacial score (nSPS) is 16.1. The highest BCUT2D eigenvalue weighted by Crippen LogP contribution is 2.20. The average molecular weight is 776 g/mol. The molecule has 290 valence electrons. The summed E-state index contributed by atoms with van der Waals surface area (Å²) in [4.78, 5) is 93.0. The van der Waals surface area contributed by atoms with Crippen LogP contribution in [0.2, 0.25) is 0 Å². The number of carbonyl (C=O) groups excluding carboxylic acids is 7. The zero-order valence-electron chi connectivity index (χ0n) is 29.3. The van der Waals surface area contributed by atoms with E-state index in [9.17, 15) is 38.7 Å². The second-order valence-corrected chi connectivity index (χ2v) is 13.9. The van der Waals surface area contributed by atoms with Crippen LogP contribution in [0.1, 0.15) is 42.5 Å². The van der Waals surface area contributed by atoms with E-state index in [1.807, 2.05) is 5.38 Å². The fourth-order valence-electron chi connectivity index (χ4n) is 5.71. The van der Waals surface area contributed by atoms with Crippen LogP contribution in [0.5, 0.6) is 5.75 Å². The molecule has 1 aliphatic rings. The smallest absolute Gasteiger partial charge is 0.246 e. The van der Waals surface area contributed by atoms with Gasteiger partial charge in [-0.15, -0.1) is 11.3 Å². The van der Waals surface area contributed by atoms with Gasteiger partial charge in [-0.05, 0) is 67.8 Å². The number of phenolic OH excluding ortho intramolecular Hbond substituents is 1. The Balaban J connectivity index is 1.67. The summed E-state index contributed by atoms with van der Waals surface area (Å²) in [6, 6.07) is 4.47. The minimum Gasteiger partial charge on any atom is -0.508 e. The Kier molecular flexibility index (Phi) is 17.5. The number of thiophene rings is 1. The van der Waals surface area contributed by atoms with Crippen molar-refractivity contribution in [3.05, 3.63) is 52.2 Å². The number of aromatic hydroxyl groups is 1. The number of hydrogen-bond donors (Lipinski definition) is 10. The molecule has 0 saturated carbocycles. The summed E-state index contributed by atoms with van der Waals surface area (Å²) >= 11 is 5.44. The predicted octanol–water partition coefficient (Wildman–Crippen LogP) is -2.21. The van der Waals surface area contributed by atoms with Crippen molar-refractivity contribution >= 4 is 65.3 Å². The third-order valence-corrected chi connectivity index (χ3v) is 9.78.